The van der Waals surface area contributed by atoms with Crippen LogP contribution in [-0.2, 0) is 6.54 Å². The molecule has 2 aromatic carbocycles. The average molecular weight is 436 g/mol. The van der Waals surface area contributed by atoms with Crippen molar-refractivity contribution in [3.63, 3.8) is 0 Å². The molecule has 0 aliphatic heterocycles. The number of thiocarbonyl (C=S) groups is 1. The monoisotopic (exact) mass is 435 g/mol. The van der Waals surface area contributed by atoms with Gasteiger partial charge in [0.1, 0.15) is 5.75 Å². The molecule has 0 saturated heterocycles. The van der Waals surface area contributed by atoms with E-state index in [0.29, 0.717) is 17.7 Å². The van der Waals surface area contributed by atoms with Gasteiger partial charge < -0.3 is 19.9 Å². The summed E-state index contributed by atoms with van der Waals surface area (Å²) in [5.41, 5.74) is 4.68. The number of nitrogens with one attached hydrogen (secondary N) is 2. The molecule has 3 aromatic rings. The Kier molecular flexibility index (Phi) is 6.28. The van der Waals surface area contributed by atoms with E-state index in [9.17, 15) is 4.79 Å². The van der Waals surface area contributed by atoms with Crippen LogP contribution in [-0.4, -0.2) is 28.1 Å². The normalized spacial score (nSPS) is 14.0. The predicted molar refractivity (Wildman–Crippen MR) is 131 cm³/mol. The van der Waals surface area contributed by atoms with Crippen LogP contribution in [0.5, 0.6) is 5.75 Å². The zero-order valence-electron chi connectivity index (χ0n) is 18.3. The summed E-state index contributed by atoms with van der Waals surface area (Å²) in [5, 5.41) is 5.03. The number of H-pyrrole nitrogens is 1. The van der Waals surface area contributed by atoms with E-state index < -0.39 is 0 Å². The Bertz CT molecular complexity index is 1170. The minimum absolute atomic E-state index is 0.0532. The highest BCUT2D eigenvalue weighted by molar-refractivity contribution is 7.80. The molecule has 1 aliphatic carbocycles. The summed E-state index contributed by atoms with van der Waals surface area (Å²) >= 11 is 5.83. The molecule has 0 spiro atoms. The third kappa shape index (κ3) is 4.59. The van der Waals surface area contributed by atoms with Gasteiger partial charge in [0, 0.05) is 11.6 Å². The van der Waals surface area contributed by atoms with Crippen LogP contribution >= 0.6 is 12.2 Å². The largest absolute Gasteiger partial charge is 0.495 e. The molecule has 1 aliphatic rings. The van der Waals surface area contributed by atoms with E-state index in [0.717, 1.165) is 46.3 Å². The van der Waals surface area contributed by atoms with E-state index in [1.807, 2.05) is 37.3 Å². The Hall–Kier alpha value is -2.86. The molecule has 31 heavy (non-hydrogen) atoms. The quantitative estimate of drug-likeness (QED) is 0.533. The summed E-state index contributed by atoms with van der Waals surface area (Å²) in [7, 11) is 1.65. The summed E-state index contributed by atoms with van der Waals surface area (Å²) in [4.78, 5) is 18.2. The van der Waals surface area contributed by atoms with Crippen molar-refractivity contribution in [2.24, 2.45) is 0 Å². The van der Waals surface area contributed by atoms with Crippen molar-refractivity contribution in [2.75, 3.05) is 12.4 Å². The number of methoxy groups -OCH3 is 1. The van der Waals surface area contributed by atoms with Gasteiger partial charge in [0.15, 0.2) is 5.11 Å². The van der Waals surface area contributed by atoms with Crippen LogP contribution < -0.4 is 15.6 Å². The van der Waals surface area contributed by atoms with Crippen molar-refractivity contribution in [2.45, 2.75) is 52.1 Å². The van der Waals surface area contributed by atoms with Crippen LogP contribution in [0.4, 0.5) is 5.69 Å². The molecule has 1 aromatic heterocycles. The number of fused-ring (bicyclic) bond motifs is 1. The number of aromatic nitrogens is 1. The van der Waals surface area contributed by atoms with Crippen LogP contribution in [0.2, 0.25) is 0 Å². The number of aromatic amines is 1. The van der Waals surface area contributed by atoms with E-state index in [2.05, 4.69) is 34.3 Å². The van der Waals surface area contributed by atoms with Gasteiger partial charge in [0.2, 0.25) is 0 Å². The molecule has 0 amide bonds. The maximum atomic E-state index is 12.9. The van der Waals surface area contributed by atoms with Crippen molar-refractivity contribution in [1.82, 2.24) is 9.88 Å². The van der Waals surface area contributed by atoms with Gasteiger partial charge in [-0.25, -0.2) is 0 Å². The molecule has 162 valence electrons. The van der Waals surface area contributed by atoms with Crippen LogP contribution in [0.1, 0.15) is 42.4 Å². The van der Waals surface area contributed by atoms with Gasteiger partial charge >= 0.3 is 0 Å². The fourth-order valence-corrected chi connectivity index (χ4v) is 4.87. The Morgan fingerprint density at radius 1 is 1.19 bits per heavy atom. The van der Waals surface area contributed by atoms with E-state index in [1.165, 1.54) is 18.4 Å². The number of pyridine rings is 1. The van der Waals surface area contributed by atoms with Crippen LogP contribution in [0.25, 0.3) is 10.9 Å². The average Bonchev–Trinajstić information content (AvgIpc) is 3.27. The maximum absolute atomic E-state index is 12.9. The van der Waals surface area contributed by atoms with Gasteiger partial charge in [0.25, 0.3) is 5.56 Å². The van der Waals surface area contributed by atoms with Crippen molar-refractivity contribution < 1.29 is 4.74 Å². The molecule has 5 nitrogen and oxygen atoms in total. The first kappa shape index (κ1) is 21.4. The molecule has 0 atom stereocenters. The number of hydrogen-bond donors (Lipinski definition) is 2. The van der Waals surface area contributed by atoms with Gasteiger partial charge in [-0.1, -0.05) is 36.6 Å². The summed E-state index contributed by atoms with van der Waals surface area (Å²) in [6.45, 7) is 4.58. The highest BCUT2D eigenvalue weighted by Gasteiger charge is 2.26. The Morgan fingerprint density at radius 2 is 1.94 bits per heavy atom. The summed E-state index contributed by atoms with van der Waals surface area (Å²) in [5.74, 6) is 0.741. The van der Waals surface area contributed by atoms with Gasteiger partial charge in [-0.15, -0.1) is 0 Å². The third-order valence-electron chi connectivity index (χ3n) is 6.09. The van der Waals surface area contributed by atoms with Gasteiger partial charge in [-0.3, -0.25) is 4.79 Å². The van der Waals surface area contributed by atoms with Crippen molar-refractivity contribution in [3.05, 3.63) is 69.5 Å². The Labute approximate surface area is 188 Å². The van der Waals surface area contributed by atoms with E-state index in [-0.39, 0.29) is 5.56 Å². The fourth-order valence-electron chi connectivity index (χ4n) is 4.55. The molecular weight excluding hydrogens is 406 g/mol. The predicted octanol–water partition coefficient (Wildman–Crippen LogP) is 5.30. The molecule has 1 heterocycles. The summed E-state index contributed by atoms with van der Waals surface area (Å²) in [6, 6.07) is 14.3. The van der Waals surface area contributed by atoms with Crippen molar-refractivity contribution >= 4 is 33.9 Å². The molecule has 0 bridgehead atoms. The van der Waals surface area contributed by atoms with Gasteiger partial charge in [-0.05, 0) is 74.1 Å². The topological polar surface area (TPSA) is 57.4 Å². The molecule has 4 rings (SSSR count). The fraction of sp³-hybridized carbons (Fsp3) is 0.360. The van der Waals surface area contributed by atoms with E-state index >= 15 is 0 Å². The molecule has 1 fully saturated rings. The van der Waals surface area contributed by atoms with Gasteiger partial charge in [-0.2, -0.15) is 0 Å². The third-order valence-corrected chi connectivity index (χ3v) is 6.42. The SMILES string of the molecule is COc1ccccc1NC(=S)N(Cc1cc2cc(C)cc(C)c2[nH]c1=O)C1CCCC1. The van der Waals surface area contributed by atoms with Gasteiger partial charge in [0.05, 0.1) is 24.9 Å². The lowest BCUT2D eigenvalue weighted by Gasteiger charge is -2.32. The van der Waals surface area contributed by atoms with Crippen molar-refractivity contribution in [1.29, 1.82) is 0 Å². The molecule has 1 saturated carbocycles. The number of rotatable bonds is 5. The smallest absolute Gasteiger partial charge is 0.253 e. The lowest BCUT2D eigenvalue weighted by Crippen LogP contribution is -2.42. The first-order valence-corrected chi connectivity index (χ1v) is 11.2. The lowest BCUT2D eigenvalue weighted by molar-refractivity contribution is 0.311. The second kappa shape index (κ2) is 9.10. The van der Waals surface area contributed by atoms with Crippen LogP contribution in [0, 0.1) is 13.8 Å². The van der Waals surface area contributed by atoms with Crippen LogP contribution in [0.3, 0.4) is 0 Å². The molecule has 0 unspecified atom stereocenters. The minimum atomic E-state index is -0.0532. The number of benzene rings is 2. The van der Waals surface area contributed by atoms with Crippen LogP contribution in [0.15, 0.2) is 47.3 Å². The zero-order chi connectivity index (χ0) is 22.0. The summed E-state index contributed by atoms with van der Waals surface area (Å²) < 4.78 is 5.46. The molecule has 6 heteroatoms. The lowest BCUT2D eigenvalue weighted by atomic mass is 10.0. The second-order valence-electron chi connectivity index (χ2n) is 8.37. The maximum Gasteiger partial charge on any atom is 0.253 e. The number of aryl methyl sites for hydroxylation is 2. The highest BCUT2D eigenvalue weighted by Crippen LogP contribution is 2.28. The zero-order valence-corrected chi connectivity index (χ0v) is 19.1. The number of ether oxygens (including phenoxy) is 1. The Morgan fingerprint density at radius 3 is 2.68 bits per heavy atom. The number of nitrogens with zero attached hydrogens (tertiary/aromatic N) is 1. The molecule has 0 radical (unpaired) electrons. The van der Waals surface area contributed by atoms with E-state index in [4.69, 9.17) is 17.0 Å². The number of anilines is 1. The Balaban J connectivity index is 1.66. The standard InChI is InChI=1S/C25H29N3O2S/c1-16-12-17(2)23-18(13-16)14-19(24(29)27-23)15-28(20-8-4-5-9-20)25(31)26-21-10-6-7-11-22(21)30-3/h6-7,10-14,20H,4-5,8-9,15H2,1-3H3,(H,26,31)(H,27,29). The molecular formula is C25H29N3O2S. The summed E-state index contributed by atoms with van der Waals surface area (Å²) in [6.07, 6.45) is 4.53. The first-order valence-electron chi connectivity index (χ1n) is 10.8. The number of para-hydroxylation sites is 2. The van der Waals surface area contributed by atoms with Crippen molar-refractivity contribution in [3.8, 4) is 5.75 Å². The molecule has 2 N–H and O–H groups in total. The highest BCUT2D eigenvalue weighted by atomic mass is 32.1. The second-order valence-corrected chi connectivity index (χ2v) is 8.75. The number of hydrogen-bond acceptors (Lipinski definition) is 3. The first-order chi connectivity index (χ1) is 15.0. The minimum Gasteiger partial charge on any atom is -0.495 e. The van der Waals surface area contributed by atoms with E-state index in [1.54, 1.807) is 7.11 Å².